The van der Waals surface area contributed by atoms with Gasteiger partial charge in [-0.25, -0.2) is 4.39 Å². The lowest BCUT2D eigenvalue weighted by atomic mass is 9.87. The quantitative estimate of drug-likeness (QED) is 0.909. The Balaban J connectivity index is 2.22. The number of hydrogen-bond donors (Lipinski definition) is 1. The van der Waals surface area contributed by atoms with Crippen LogP contribution in [0, 0.1) is 24.6 Å². The van der Waals surface area contributed by atoms with Gasteiger partial charge in [0.05, 0.1) is 0 Å². The van der Waals surface area contributed by atoms with Crippen molar-refractivity contribution in [2.45, 2.75) is 33.2 Å². The highest BCUT2D eigenvalue weighted by atomic mass is 19.1. The predicted octanol–water partition coefficient (Wildman–Crippen LogP) is 3.11. The van der Waals surface area contributed by atoms with Crippen LogP contribution in [0.4, 0.5) is 4.39 Å². The van der Waals surface area contributed by atoms with Crippen molar-refractivity contribution in [2.24, 2.45) is 17.6 Å². The van der Waals surface area contributed by atoms with E-state index in [0.29, 0.717) is 12.5 Å². The molecule has 1 saturated heterocycles. The lowest BCUT2D eigenvalue weighted by Crippen LogP contribution is -2.43. The van der Waals surface area contributed by atoms with E-state index in [-0.39, 0.29) is 11.9 Å². The molecule has 3 unspecified atom stereocenters. The van der Waals surface area contributed by atoms with E-state index in [1.807, 2.05) is 19.1 Å². The molecule has 1 fully saturated rings. The van der Waals surface area contributed by atoms with E-state index in [2.05, 4.69) is 18.7 Å². The molecule has 0 spiro atoms. The molecule has 0 aromatic heterocycles. The Kier molecular flexibility index (Phi) is 4.58. The third kappa shape index (κ3) is 3.15. The SMILES string of the molecule is Cc1ccc(F)c(C(CN)N2CCC(C)C(C)C2)c1. The van der Waals surface area contributed by atoms with E-state index < -0.39 is 0 Å². The average molecular weight is 264 g/mol. The molecule has 0 bridgehead atoms. The molecule has 0 saturated carbocycles. The standard InChI is InChI=1S/C16H25FN2/c1-11-4-5-15(17)14(8-11)16(9-18)19-7-6-12(2)13(3)10-19/h4-5,8,12-13,16H,6-7,9-10,18H2,1-3H3. The van der Waals surface area contributed by atoms with Crippen molar-refractivity contribution in [3.8, 4) is 0 Å². The van der Waals surface area contributed by atoms with Crippen LogP contribution in [0.2, 0.25) is 0 Å². The average Bonchev–Trinajstić information content (AvgIpc) is 2.38. The molecule has 1 aromatic rings. The second-order valence-electron chi connectivity index (χ2n) is 6.01. The van der Waals surface area contributed by atoms with Gasteiger partial charge in [0, 0.05) is 24.7 Å². The number of nitrogens with zero attached hydrogens (tertiary/aromatic N) is 1. The van der Waals surface area contributed by atoms with Crippen molar-refractivity contribution in [1.82, 2.24) is 4.90 Å². The fraction of sp³-hybridized carbons (Fsp3) is 0.625. The molecule has 0 amide bonds. The minimum absolute atomic E-state index is 0.00912. The molecule has 106 valence electrons. The highest BCUT2D eigenvalue weighted by molar-refractivity contribution is 5.27. The number of hydrogen-bond acceptors (Lipinski definition) is 2. The summed E-state index contributed by atoms with van der Waals surface area (Å²) in [5.41, 5.74) is 7.77. The normalized spacial score (nSPS) is 26.4. The Morgan fingerprint density at radius 2 is 2.11 bits per heavy atom. The zero-order chi connectivity index (χ0) is 14.0. The van der Waals surface area contributed by atoms with Gasteiger partial charge in [-0.1, -0.05) is 31.5 Å². The van der Waals surface area contributed by atoms with Crippen LogP contribution in [-0.2, 0) is 0 Å². The maximum absolute atomic E-state index is 14.1. The second-order valence-corrected chi connectivity index (χ2v) is 6.01. The summed E-state index contributed by atoms with van der Waals surface area (Å²) in [5, 5.41) is 0. The largest absolute Gasteiger partial charge is 0.329 e. The van der Waals surface area contributed by atoms with Crippen molar-refractivity contribution in [3.05, 3.63) is 35.1 Å². The molecule has 2 N–H and O–H groups in total. The number of rotatable bonds is 3. The summed E-state index contributed by atoms with van der Waals surface area (Å²) in [6, 6.07) is 5.32. The van der Waals surface area contributed by atoms with Crippen molar-refractivity contribution < 1.29 is 4.39 Å². The highest BCUT2D eigenvalue weighted by Crippen LogP contribution is 2.30. The van der Waals surface area contributed by atoms with Gasteiger partial charge in [0.1, 0.15) is 5.82 Å². The molecule has 1 aliphatic heterocycles. The number of likely N-dealkylation sites (tertiary alicyclic amines) is 1. The zero-order valence-corrected chi connectivity index (χ0v) is 12.2. The van der Waals surface area contributed by atoms with Gasteiger partial charge in [0.25, 0.3) is 0 Å². The number of aryl methyl sites for hydroxylation is 1. The highest BCUT2D eigenvalue weighted by Gasteiger charge is 2.29. The third-order valence-electron chi connectivity index (χ3n) is 4.54. The molecule has 2 nitrogen and oxygen atoms in total. The van der Waals surface area contributed by atoms with Gasteiger partial charge < -0.3 is 5.73 Å². The smallest absolute Gasteiger partial charge is 0.128 e. The maximum atomic E-state index is 14.1. The fourth-order valence-corrected chi connectivity index (χ4v) is 2.97. The predicted molar refractivity (Wildman–Crippen MR) is 77.5 cm³/mol. The Morgan fingerprint density at radius 3 is 2.74 bits per heavy atom. The Bertz CT molecular complexity index is 433. The molecule has 1 heterocycles. The van der Waals surface area contributed by atoms with E-state index in [1.165, 1.54) is 6.42 Å². The first-order chi connectivity index (χ1) is 9.02. The summed E-state index contributed by atoms with van der Waals surface area (Å²) in [6.45, 7) is 9.07. The Morgan fingerprint density at radius 1 is 1.37 bits per heavy atom. The van der Waals surface area contributed by atoms with Crippen LogP contribution in [0.1, 0.15) is 37.4 Å². The van der Waals surface area contributed by atoms with Crippen LogP contribution >= 0.6 is 0 Å². The molecule has 19 heavy (non-hydrogen) atoms. The number of nitrogens with two attached hydrogens (primary N) is 1. The van der Waals surface area contributed by atoms with Crippen LogP contribution in [0.25, 0.3) is 0 Å². The first-order valence-corrected chi connectivity index (χ1v) is 7.23. The molecule has 1 aromatic carbocycles. The molecular weight excluding hydrogens is 239 g/mol. The van der Waals surface area contributed by atoms with Crippen molar-refractivity contribution in [2.75, 3.05) is 19.6 Å². The van der Waals surface area contributed by atoms with Crippen molar-refractivity contribution in [3.63, 3.8) is 0 Å². The summed E-state index contributed by atoms with van der Waals surface area (Å²) in [6.07, 6.45) is 1.17. The van der Waals surface area contributed by atoms with Crippen LogP contribution in [-0.4, -0.2) is 24.5 Å². The first kappa shape index (κ1) is 14.5. The summed E-state index contributed by atoms with van der Waals surface area (Å²) >= 11 is 0. The molecule has 0 aliphatic carbocycles. The van der Waals surface area contributed by atoms with Gasteiger partial charge in [-0.3, -0.25) is 4.90 Å². The molecule has 3 atom stereocenters. The van der Waals surface area contributed by atoms with Crippen molar-refractivity contribution >= 4 is 0 Å². The number of benzene rings is 1. The Hall–Kier alpha value is -0.930. The van der Waals surface area contributed by atoms with E-state index >= 15 is 0 Å². The second kappa shape index (κ2) is 6.02. The molecular formula is C16H25FN2. The minimum Gasteiger partial charge on any atom is -0.329 e. The zero-order valence-electron chi connectivity index (χ0n) is 12.2. The van der Waals surface area contributed by atoms with Crippen molar-refractivity contribution in [1.29, 1.82) is 0 Å². The fourth-order valence-electron chi connectivity index (χ4n) is 2.97. The van der Waals surface area contributed by atoms with Crippen LogP contribution in [0.15, 0.2) is 18.2 Å². The monoisotopic (exact) mass is 264 g/mol. The third-order valence-corrected chi connectivity index (χ3v) is 4.54. The lowest BCUT2D eigenvalue weighted by Gasteiger charge is -2.40. The van der Waals surface area contributed by atoms with Crippen LogP contribution < -0.4 is 5.73 Å². The van der Waals surface area contributed by atoms with Gasteiger partial charge in [0.15, 0.2) is 0 Å². The molecule has 1 aliphatic rings. The number of halogens is 1. The summed E-state index contributed by atoms with van der Waals surface area (Å²) < 4.78 is 14.1. The number of piperidine rings is 1. The first-order valence-electron chi connectivity index (χ1n) is 7.23. The van der Waals surface area contributed by atoms with Crippen LogP contribution in [0.3, 0.4) is 0 Å². The van der Waals surface area contributed by atoms with Gasteiger partial charge in [-0.15, -0.1) is 0 Å². The molecule has 2 rings (SSSR count). The molecule has 3 heteroatoms. The summed E-state index contributed by atoms with van der Waals surface area (Å²) in [7, 11) is 0. The minimum atomic E-state index is -0.132. The maximum Gasteiger partial charge on any atom is 0.128 e. The van der Waals surface area contributed by atoms with Gasteiger partial charge in [-0.2, -0.15) is 0 Å². The summed E-state index contributed by atoms with van der Waals surface area (Å²) in [4.78, 5) is 2.35. The van der Waals surface area contributed by atoms with Gasteiger partial charge >= 0.3 is 0 Å². The molecule has 0 radical (unpaired) electrons. The Labute approximate surface area is 115 Å². The summed E-state index contributed by atoms with van der Waals surface area (Å²) in [5.74, 6) is 1.26. The van der Waals surface area contributed by atoms with E-state index in [9.17, 15) is 4.39 Å². The van der Waals surface area contributed by atoms with E-state index in [1.54, 1.807) is 6.07 Å². The van der Waals surface area contributed by atoms with E-state index in [4.69, 9.17) is 5.73 Å². The lowest BCUT2D eigenvalue weighted by molar-refractivity contribution is 0.0966. The van der Waals surface area contributed by atoms with Gasteiger partial charge in [0.2, 0.25) is 0 Å². The van der Waals surface area contributed by atoms with Gasteiger partial charge in [-0.05, 0) is 37.8 Å². The van der Waals surface area contributed by atoms with Crippen LogP contribution in [0.5, 0.6) is 0 Å². The topological polar surface area (TPSA) is 29.3 Å². The van der Waals surface area contributed by atoms with E-state index in [0.717, 1.165) is 30.1 Å².